The van der Waals surface area contributed by atoms with Gasteiger partial charge in [-0.25, -0.2) is 4.98 Å². The Morgan fingerprint density at radius 1 is 1.21 bits per heavy atom. The molecule has 0 spiro atoms. The van der Waals surface area contributed by atoms with Gasteiger partial charge in [-0.3, -0.25) is 15.0 Å². The van der Waals surface area contributed by atoms with Gasteiger partial charge in [0.25, 0.3) is 0 Å². The van der Waals surface area contributed by atoms with Crippen LogP contribution in [0.1, 0.15) is 18.4 Å². The number of anilines is 2. The first-order chi connectivity index (χ1) is 13.7. The normalized spacial score (nSPS) is 15.4. The first-order valence-electron chi connectivity index (χ1n) is 8.88. The summed E-state index contributed by atoms with van der Waals surface area (Å²) < 4.78 is 1.69. The summed E-state index contributed by atoms with van der Waals surface area (Å²) >= 11 is 0. The zero-order valence-corrected chi connectivity index (χ0v) is 14.7. The summed E-state index contributed by atoms with van der Waals surface area (Å²) in [5, 5.41) is 27.8. The lowest BCUT2D eigenvalue weighted by molar-refractivity contribution is 0.425. The lowest BCUT2D eigenvalue weighted by Crippen LogP contribution is -2.19. The number of hydrogen-bond donors (Lipinski definition) is 4. The third-order valence-electron chi connectivity index (χ3n) is 4.42. The molecule has 9 heteroatoms. The quantitative estimate of drug-likeness (QED) is 0.425. The van der Waals surface area contributed by atoms with E-state index in [2.05, 4.69) is 25.4 Å². The van der Waals surface area contributed by atoms with Gasteiger partial charge in [-0.15, -0.1) is 0 Å². The van der Waals surface area contributed by atoms with E-state index >= 15 is 0 Å². The third-order valence-corrected chi connectivity index (χ3v) is 4.42. The summed E-state index contributed by atoms with van der Waals surface area (Å²) in [6.45, 7) is 0. The fourth-order valence-corrected chi connectivity index (χ4v) is 2.92. The number of hydrogen-bond acceptors (Lipinski definition) is 7. The number of aromatic nitrogens is 5. The van der Waals surface area contributed by atoms with Crippen molar-refractivity contribution in [2.24, 2.45) is 4.99 Å². The molecule has 4 N–H and O–H groups in total. The van der Waals surface area contributed by atoms with Gasteiger partial charge in [0.05, 0.1) is 12.2 Å². The van der Waals surface area contributed by atoms with Gasteiger partial charge in [-0.1, -0.05) is 0 Å². The van der Waals surface area contributed by atoms with Crippen LogP contribution in [-0.4, -0.2) is 40.8 Å². The molecule has 4 heterocycles. The number of aromatic hydroxyl groups is 2. The predicted octanol–water partition coefficient (Wildman–Crippen LogP) is 1.22. The van der Waals surface area contributed by atoms with E-state index < -0.39 is 0 Å². The Balaban J connectivity index is 1.68. The molecule has 1 aliphatic carbocycles. The van der Waals surface area contributed by atoms with Crippen molar-refractivity contribution in [1.82, 2.24) is 24.6 Å². The van der Waals surface area contributed by atoms with Crippen LogP contribution in [0.25, 0.3) is 11.7 Å². The molecule has 0 aromatic carbocycles. The van der Waals surface area contributed by atoms with Crippen LogP contribution in [0.2, 0.25) is 0 Å². The van der Waals surface area contributed by atoms with Gasteiger partial charge in [-0.2, -0.15) is 9.61 Å². The maximum Gasteiger partial charge on any atom is 0.198 e. The Bertz CT molecular complexity index is 1270. The Hall–Kier alpha value is -3.88. The number of pyridine rings is 1. The molecule has 0 radical (unpaired) electrons. The fourth-order valence-electron chi connectivity index (χ4n) is 2.92. The molecule has 4 aromatic rings. The van der Waals surface area contributed by atoms with Gasteiger partial charge in [0.1, 0.15) is 5.82 Å². The van der Waals surface area contributed by atoms with E-state index in [0.29, 0.717) is 33.8 Å². The largest absolute Gasteiger partial charge is 0.494 e. The minimum atomic E-state index is -0.120. The van der Waals surface area contributed by atoms with Crippen LogP contribution in [0.5, 0.6) is 11.8 Å². The van der Waals surface area contributed by atoms with Crippen molar-refractivity contribution >= 4 is 23.2 Å². The number of H-pyrrole nitrogens is 1. The average Bonchev–Trinajstić information content (AvgIpc) is 3.32. The van der Waals surface area contributed by atoms with Crippen molar-refractivity contribution in [2.45, 2.75) is 18.9 Å². The highest BCUT2D eigenvalue weighted by Crippen LogP contribution is 2.23. The predicted molar refractivity (Wildman–Crippen MR) is 102 cm³/mol. The molecule has 9 nitrogen and oxygen atoms in total. The molecule has 0 saturated heterocycles. The van der Waals surface area contributed by atoms with Gasteiger partial charge < -0.3 is 15.5 Å². The highest BCUT2D eigenvalue weighted by molar-refractivity contribution is 5.63. The van der Waals surface area contributed by atoms with Crippen molar-refractivity contribution in [2.75, 3.05) is 5.32 Å². The van der Waals surface area contributed by atoms with Gasteiger partial charge in [-0.05, 0) is 31.1 Å². The van der Waals surface area contributed by atoms with Crippen LogP contribution in [0.15, 0.2) is 47.8 Å². The minimum Gasteiger partial charge on any atom is -0.494 e. The summed E-state index contributed by atoms with van der Waals surface area (Å²) in [6.07, 6.45) is 8.93. The fraction of sp³-hybridized carbons (Fsp3) is 0.158. The molecule has 140 valence electrons. The lowest BCUT2D eigenvalue weighted by atomic mass is 10.2. The molecule has 1 saturated carbocycles. The zero-order valence-electron chi connectivity index (χ0n) is 14.7. The zero-order chi connectivity index (χ0) is 19.1. The Kier molecular flexibility index (Phi) is 3.71. The summed E-state index contributed by atoms with van der Waals surface area (Å²) in [7, 11) is 0. The number of fused-ring (bicyclic) bond motifs is 1. The number of nitrogens with zero attached hydrogens (tertiary/aromatic N) is 5. The standard InChI is InChI=1S/C19H17N7O2/c27-17-8-11(19(28)25-17)7-12-10-21-26-16(23-13-1-2-13)9-15(24-18(12)26)22-14-3-5-20-6-4-14/h3-10,13,25,27-28H,1-2H2,(H,20,22). The molecule has 0 unspecified atom stereocenters. The van der Waals surface area contributed by atoms with Crippen LogP contribution in [0.3, 0.4) is 0 Å². The highest BCUT2D eigenvalue weighted by atomic mass is 16.3. The highest BCUT2D eigenvalue weighted by Gasteiger charge is 2.20. The Morgan fingerprint density at radius 2 is 2.04 bits per heavy atom. The van der Waals surface area contributed by atoms with Gasteiger partial charge >= 0.3 is 0 Å². The van der Waals surface area contributed by atoms with E-state index in [1.165, 1.54) is 6.07 Å². The van der Waals surface area contributed by atoms with Gasteiger partial charge in [0, 0.05) is 41.0 Å². The Labute approximate surface area is 158 Å². The average molecular weight is 375 g/mol. The molecule has 1 aliphatic rings. The molecule has 0 atom stereocenters. The van der Waals surface area contributed by atoms with Crippen LogP contribution in [-0.2, 0) is 0 Å². The molecule has 0 bridgehead atoms. The molecule has 0 amide bonds. The molecule has 0 aliphatic heterocycles. The summed E-state index contributed by atoms with van der Waals surface area (Å²) in [5.74, 6) is 0.401. The van der Waals surface area contributed by atoms with Crippen molar-refractivity contribution < 1.29 is 10.2 Å². The first-order valence-corrected chi connectivity index (χ1v) is 8.88. The monoisotopic (exact) mass is 375 g/mol. The topological polar surface area (TPSA) is 124 Å². The van der Waals surface area contributed by atoms with E-state index in [1.54, 1.807) is 29.2 Å². The summed E-state index contributed by atoms with van der Waals surface area (Å²) in [6, 6.07) is 7.33. The second kappa shape index (κ2) is 6.38. The number of rotatable bonds is 4. The van der Waals surface area contributed by atoms with E-state index in [0.717, 1.165) is 18.5 Å². The van der Waals surface area contributed by atoms with Crippen molar-refractivity contribution in [3.05, 3.63) is 59.1 Å². The molecule has 5 rings (SSSR count). The van der Waals surface area contributed by atoms with E-state index in [9.17, 15) is 10.2 Å². The molecule has 28 heavy (non-hydrogen) atoms. The number of aromatic amines is 1. The van der Waals surface area contributed by atoms with Gasteiger partial charge in [0.15, 0.2) is 22.9 Å². The third kappa shape index (κ3) is 3.13. The van der Waals surface area contributed by atoms with Crippen molar-refractivity contribution in [1.29, 1.82) is 0 Å². The van der Waals surface area contributed by atoms with E-state index in [-0.39, 0.29) is 11.8 Å². The maximum absolute atomic E-state index is 9.90. The molecular weight excluding hydrogens is 358 g/mol. The molecule has 1 fully saturated rings. The van der Waals surface area contributed by atoms with Crippen LogP contribution in [0.4, 0.5) is 11.5 Å². The first kappa shape index (κ1) is 16.3. The van der Waals surface area contributed by atoms with Crippen LogP contribution in [0, 0.1) is 0 Å². The summed E-state index contributed by atoms with van der Waals surface area (Å²) in [5.41, 5.74) is 2.62. The number of nitrogens with one attached hydrogen (secondary N) is 2. The smallest absolute Gasteiger partial charge is 0.198 e. The van der Waals surface area contributed by atoms with Crippen molar-refractivity contribution in [3.63, 3.8) is 0 Å². The second-order valence-corrected chi connectivity index (χ2v) is 6.66. The summed E-state index contributed by atoms with van der Waals surface area (Å²) in [4.78, 5) is 15.9. The minimum absolute atomic E-state index is 0.113. The van der Waals surface area contributed by atoms with Gasteiger partial charge in [0.2, 0.25) is 0 Å². The van der Waals surface area contributed by atoms with Crippen LogP contribution < -0.4 is 16.0 Å². The Morgan fingerprint density at radius 3 is 2.75 bits per heavy atom. The van der Waals surface area contributed by atoms with E-state index in [1.807, 2.05) is 18.2 Å². The second-order valence-electron chi connectivity index (χ2n) is 6.66. The molecular formula is C19H17N7O2. The van der Waals surface area contributed by atoms with Crippen LogP contribution >= 0.6 is 0 Å². The van der Waals surface area contributed by atoms with E-state index in [4.69, 9.17) is 4.99 Å². The SMILES string of the molecule is Oc1cc(C=c2cnn3c(=NC4CC4)cc(Nc4ccncc4)nc23)c(O)[nH]1. The lowest BCUT2D eigenvalue weighted by Gasteiger charge is -2.06. The maximum atomic E-state index is 9.90. The molecule has 4 aromatic heterocycles. The van der Waals surface area contributed by atoms with Crippen molar-refractivity contribution in [3.8, 4) is 11.8 Å².